The summed E-state index contributed by atoms with van der Waals surface area (Å²) in [6, 6.07) is 9.27. The van der Waals surface area contributed by atoms with E-state index >= 15 is 0 Å². The molecule has 3 aromatic rings. The zero-order chi connectivity index (χ0) is 23.2. The van der Waals surface area contributed by atoms with Crippen LogP contribution in [0.25, 0.3) is 22.4 Å². The number of pyridine rings is 1. The Bertz CT molecular complexity index is 1250. The van der Waals surface area contributed by atoms with Gasteiger partial charge in [-0.15, -0.1) is 0 Å². The van der Waals surface area contributed by atoms with Crippen LogP contribution in [-0.4, -0.2) is 15.8 Å². The van der Waals surface area contributed by atoms with Crippen molar-refractivity contribution in [2.45, 2.75) is 26.2 Å². The maximum absolute atomic E-state index is 13.6. The number of hydrogen-bond donors (Lipinski definition) is 2. The van der Waals surface area contributed by atoms with E-state index in [2.05, 4.69) is 10.3 Å². The normalized spacial score (nSPS) is 13.1. The summed E-state index contributed by atoms with van der Waals surface area (Å²) < 4.78 is 40.7. The van der Waals surface area contributed by atoms with Crippen LogP contribution in [-0.2, 0) is 19.3 Å². The number of nitrogens with two attached hydrogens (primary N) is 1. The SMILES string of the molecule is Cc1ccc(-c2c3c(nc(-c4ccc([N+](=O)[O-])cc4)c2C(N)=O)CNC3)cc1C(F)(F)F. The molecule has 164 valence electrons. The van der Waals surface area contributed by atoms with Crippen LogP contribution in [0.1, 0.15) is 32.7 Å². The molecule has 0 atom stereocenters. The van der Waals surface area contributed by atoms with Crippen molar-refractivity contribution < 1.29 is 22.9 Å². The Kier molecular flexibility index (Phi) is 5.17. The number of alkyl halides is 3. The number of aromatic nitrogens is 1. The van der Waals surface area contributed by atoms with Gasteiger partial charge in [0.1, 0.15) is 0 Å². The van der Waals surface area contributed by atoms with E-state index < -0.39 is 22.6 Å². The van der Waals surface area contributed by atoms with Crippen LogP contribution in [0.5, 0.6) is 0 Å². The average Bonchev–Trinajstić information content (AvgIpc) is 3.20. The van der Waals surface area contributed by atoms with Crippen LogP contribution >= 0.6 is 0 Å². The first kappa shape index (κ1) is 21.4. The zero-order valence-electron chi connectivity index (χ0n) is 16.8. The summed E-state index contributed by atoms with van der Waals surface area (Å²) in [7, 11) is 0. The molecule has 1 aromatic heterocycles. The van der Waals surface area contributed by atoms with Gasteiger partial charge in [-0.25, -0.2) is 0 Å². The third-order valence-corrected chi connectivity index (χ3v) is 5.41. The topological polar surface area (TPSA) is 111 Å². The number of carbonyl (C=O) groups is 1. The maximum atomic E-state index is 13.6. The second kappa shape index (κ2) is 7.72. The largest absolute Gasteiger partial charge is 0.416 e. The van der Waals surface area contributed by atoms with E-state index in [0.717, 1.165) is 6.07 Å². The molecule has 4 rings (SSSR count). The molecular weight excluding hydrogens is 425 g/mol. The highest BCUT2D eigenvalue weighted by Gasteiger charge is 2.34. The van der Waals surface area contributed by atoms with Crippen molar-refractivity contribution in [1.82, 2.24) is 10.3 Å². The molecule has 0 saturated carbocycles. The number of nitro benzene ring substituents is 1. The van der Waals surface area contributed by atoms with E-state index in [1.165, 1.54) is 43.3 Å². The molecule has 0 unspecified atom stereocenters. The number of hydrogen-bond acceptors (Lipinski definition) is 5. The molecule has 32 heavy (non-hydrogen) atoms. The maximum Gasteiger partial charge on any atom is 0.416 e. The van der Waals surface area contributed by atoms with Gasteiger partial charge in [-0.05, 0) is 41.8 Å². The Labute approximate surface area is 180 Å². The molecule has 0 fully saturated rings. The lowest BCUT2D eigenvalue weighted by Crippen LogP contribution is -2.17. The van der Waals surface area contributed by atoms with Crippen molar-refractivity contribution in [3.05, 3.63) is 80.5 Å². The van der Waals surface area contributed by atoms with Gasteiger partial charge in [-0.2, -0.15) is 13.2 Å². The predicted octanol–water partition coefficient (Wildman–Crippen LogP) is 4.35. The zero-order valence-corrected chi connectivity index (χ0v) is 16.8. The van der Waals surface area contributed by atoms with Crippen LogP contribution < -0.4 is 11.1 Å². The second-order valence-corrected chi connectivity index (χ2v) is 7.43. The number of nitro groups is 1. The lowest BCUT2D eigenvalue weighted by Gasteiger charge is -2.18. The second-order valence-electron chi connectivity index (χ2n) is 7.43. The van der Waals surface area contributed by atoms with E-state index in [1.807, 2.05) is 0 Å². The van der Waals surface area contributed by atoms with Gasteiger partial charge in [0, 0.05) is 36.3 Å². The van der Waals surface area contributed by atoms with Gasteiger partial charge in [-0.3, -0.25) is 19.9 Å². The number of benzene rings is 2. The molecule has 1 aliphatic rings. The first-order valence-electron chi connectivity index (χ1n) is 9.57. The molecule has 0 saturated heterocycles. The quantitative estimate of drug-likeness (QED) is 0.461. The minimum Gasteiger partial charge on any atom is -0.366 e. The molecule has 0 bridgehead atoms. The Morgan fingerprint density at radius 1 is 1.12 bits per heavy atom. The molecule has 3 N–H and O–H groups in total. The van der Waals surface area contributed by atoms with Crippen LogP contribution in [0.4, 0.5) is 18.9 Å². The number of halogens is 3. The van der Waals surface area contributed by atoms with Gasteiger partial charge in [0.2, 0.25) is 0 Å². The molecule has 2 aromatic carbocycles. The van der Waals surface area contributed by atoms with Crippen LogP contribution in [0.3, 0.4) is 0 Å². The fourth-order valence-corrected chi connectivity index (χ4v) is 3.91. The number of non-ortho nitro benzene ring substituents is 1. The van der Waals surface area contributed by atoms with Gasteiger partial charge in [0.25, 0.3) is 11.6 Å². The third kappa shape index (κ3) is 3.69. The number of amides is 1. The van der Waals surface area contributed by atoms with Crippen molar-refractivity contribution in [2.75, 3.05) is 0 Å². The van der Waals surface area contributed by atoms with Crippen molar-refractivity contribution in [2.24, 2.45) is 5.73 Å². The number of primary amides is 1. The molecule has 1 aliphatic heterocycles. The van der Waals surface area contributed by atoms with Crippen molar-refractivity contribution in [1.29, 1.82) is 0 Å². The number of fused-ring (bicyclic) bond motifs is 1. The smallest absolute Gasteiger partial charge is 0.366 e. The molecular formula is C22H17F3N4O3. The Morgan fingerprint density at radius 2 is 1.78 bits per heavy atom. The van der Waals surface area contributed by atoms with E-state index in [9.17, 15) is 28.1 Å². The summed E-state index contributed by atoms with van der Waals surface area (Å²) in [5.41, 5.74) is 6.97. The molecule has 0 radical (unpaired) electrons. The van der Waals surface area contributed by atoms with E-state index in [0.29, 0.717) is 29.9 Å². The number of nitrogens with zero attached hydrogens (tertiary/aromatic N) is 2. The lowest BCUT2D eigenvalue weighted by atomic mass is 9.89. The summed E-state index contributed by atoms with van der Waals surface area (Å²) in [6.45, 7) is 2.04. The summed E-state index contributed by atoms with van der Waals surface area (Å²) in [5.74, 6) is -0.857. The van der Waals surface area contributed by atoms with Crippen LogP contribution in [0, 0.1) is 17.0 Å². The molecule has 10 heteroatoms. The molecule has 2 heterocycles. The van der Waals surface area contributed by atoms with E-state index in [4.69, 9.17) is 5.73 Å². The highest BCUT2D eigenvalue weighted by Crippen LogP contribution is 2.40. The van der Waals surface area contributed by atoms with Crippen LogP contribution in [0.15, 0.2) is 42.5 Å². The standard InChI is InChI=1S/C22H17F3N4O3/c1-11-2-3-13(8-16(11)22(23,24)25)18-15-9-27-10-17(15)28-20(19(18)21(26)30)12-4-6-14(7-5-12)29(31)32/h2-8,27H,9-10H2,1H3,(H2,26,30). The van der Waals surface area contributed by atoms with Crippen molar-refractivity contribution in [3.63, 3.8) is 0 Å². The summed E-state index contributed by atoms with van der Waals surface area (Å²) in [6.07, 6.45) is -4.57. The predicted molar refractivity (Wildman–Crippen MR) is 111 cm³/mol. The van der Waals surface area contributed by atoms with Gasteiger partial charge in [0.05, 0.1) is 27.4 Å². The van der Waals surface area contributed by atoms with Gasteiger partial charge in [0.15, 0.2) is 0 Å². The van der Waals surface area contributed by atoms with Gasteiger partial charge >= 0.3 is 6.18 Å². The number of carbonyl (C=O) groups excluding carboxylic acids is 1. The monoisotopic (exact) mass is 442 g/mol. The summed E-state index contributed by atoms with van der Waals surface area (Å²) in [4.78, 5) is 27.5. The molecule has 1 amide bonds. The van der Waals surface area contributed by atoms with Crippen LogP contribution in [0.2, 0.25) is 0 Å². The molecule has 0 aliphatic carbocycles. The van der Waals surface area contributed by atoms with Crippen molar-refractivity contribution >= 4 is 11.6 Å². The summed E-state index contributed by atoms with van der Waals surface area (Å²) >= 11 is 0. The highest BCUT2D eigenvalue weighted by atomic mass is 19.4. The Morgan fingerprint density at radius 3 is 2.38 bits per heavy atom. The number of nitrogens with one attached hydrogen (secondary N) is 1. The van der Waals surface area contributed by atoms with E-state index in [1.54, 1.807) is 0 Å². The van der Waals surface area contributed by atoms with Crippen molar-refractivity contribution in [3.8, 4) is 22.4 Å². The highest BCUT2D eigenvalue weighted by molar-refractivity contribution is 6.06. The Hall–Kier alpha value is -3.79. The van der Waals surface area contributed by atoms with Gasteiger partial charge in [-0.1, -0.05) is 12.1 Å². The molecule has 7 nitrogen and oxygen atoms in total. The first-order valence-corrected chi connectivity index (χ1v) is 9.57. The number of aryl methyl sites for hydroxylation is 1. The third-order valence-electron chi connectivity index (χ3n) is 5.41. The first-order chi connectivity index (χ1) is 15.1. The minimum absolute atomic E-state index is 0.0294. The minimum atomic E-state index is -4.57. The molecule has 0 spiro atoms. The fraction of sp³-hybridized carbons (Fsp3) is 0.182. The fourth-order valence-electron chi connectivity index (χ4n) is 3.91. The average molecular weight is 442 g/mol. The Balaban J connectivity index is 2.02. The summed E-state index contributed by atoms with van der Waals surface area (Å²) in [5, 5.41) is 14.1. The lowest BCUT2D eigenvalue weighted by molar-refractivity contribution is -0.384. The van der Waals surface area contributed by atoms with E-state index in [-0.39, 0.29) is 33.6 Å². The van der Waals surface area contributed by atoms with Gasteiger partial charge < -0.3 is 11.1 Å². The number of rotatable bonds is 4.